The lowest BCUT2D eigenvalue weighted by atomic mass is 10.1. The molecule has 0 aliphatic heterocycles. The Morgan fingerprint density at radius 3 is 2.56 bits per heavy atom. The molecule has 0 fully saturated rings. The number of nitrogens with zero attached hydrogens (tertiary/aromatic N) is 1. The number of hydrogen-bond acceptors (Lipinski definition) is 3. The highest BCUT2D eigenvalue weighted by atomic mass is 79.9. The molecule has 0 aliphatic rings. The fourth-order valence-corrected chi connectivity index (χ4v) is 1.70. The minimum Gasteiger partial charge on any atom is -0.456 e. The molecule has 1 aromatic heterocycles. The summed E-state index contributed by atoms with van der Waals surface area (Å²) in [6.45, 7) is 2.01. The number of aryl methyl sites for hydroxylation is 1. The van der Waals surface area contributed by atoms with Crippen LogP contribution >= 0.6 is 15.9 Å². The van der Waals surface area contributed by atoms with Crippen molar-refractivity contribution < 1.29 is 9.34 Å². The molecule has 2 rings (SSSR count). The van der Waals surface area contributed by atoms with E-state index in [1.165, 1.54) is 11.6 Å². The molecule has 1 heterocycles. The van der Waals surface area contributed by atoms with Gasteiger partial charge in [-0.3, -0.25) is 10.1 Å². The van der Waals surface area contributed by atoms with E-state index in [-0.39, 0.29) is 4.61 Å². The Balaban J connectivity index is 2.28. The lowest BCUT2D eigenvalue weighted by Crippen LogP contribution is -1.89. The number of rotatable bonds is 3. The van der Waals surface area contributed by atoms with E-state index in [1.54, 1.807) is 12.1 Å². The molecule has 5 heteroatoms. The Hall–Kier alpha value is -1.88. The van der Waals surface area contributed by atoms with Crippen LogP contribution in [0.2, 0.25) is 0 Å². The van der Waals surface area contributed by atoms with Gasteiger partial charge >= 0.3 is 4.61 Å². The Labute approximate surface area is 112 Å². The molecule has 0 saturated carbocycles. The maximum Gasteiger partial charge on any atom is 0.314 e. The molecule has 0 amide bonds. The van der Waals surface area contributed by atoms with E-state index in [1.807, 2.05) is 31.2 Å². The second-order valence-electron chi connectivity index (χ2n) is 3.79. The predicted octanol–water partition coefficient (Wildman–Crippen LogP) is 4.23. The van der Waals surface area contributed by atoms with Gasteiger partial charge in [-0.25, -0.2) is 0 Å². The van der Waals surface area contributed by atoms with Crippen LogP contribution in [0.3, 0.4) is 0 Å². The number of halogens is 1. The summed E-state index contributed by atoms with van der Waals surface area (Å²) in [5, 5.41) is 10.5. The summed E-state index contributed by atoms with van der Waals surface area (Å²) < 4.78 is 5.39. The maximum atomic E-state index is 10.5. The smallest absolute Gasteiger partial charge is 0.314 e. The van der Waals surface area contributed by atoms with Crippen LogP contribution in [-0.4, -0.2) is 4.92 Å². The molecule has 0 saturated heterocycles. The third-order valence-corrected chi connectivity index (χ3v) is 2.92. The van der Waals surface area contributed by atoms with Crippen molar-refractivity contribution in [3.05, 3.63) is 62.4 Å². The number of benzene rings is 1. The van der Waals surface area contributed by atoms with Crippen molar-refractivity contribution in [2.24, 2.45) is 0 Å². The van der Waals surface area contributed by atoms with Gasteiger partial charge in [0.15, 0.2) is 0 Å². The third kappa shape index (κ3) is 2.87. The molecule has 0 bridgehead atoms. The van der Waals surface area contributed by atoms with Crippen LogP contribution < -0.4 is 0 Å². The normalized spacial score (nSPS) is 11.6. The highest BCUT2D eigenvalue weighted by Gasteiger charge is 2.08. The second kappa shape index (κ2) is 5.18. The zero-order chi connectivity index (χ0) is 13.1. The van der Waals surface area contributed by atoms with Gasteiger partial charge in [-0.15, -0.1) is 0 Å². The standard InChI is InChI=1S/C13H10BrNO3/c1-9-2-4-10(5-3-9)12-7-6-11(18-12)8-13(14)15(16)17/h2-8H,1H3. The van der Waals surface area contributed by atoms with Gasteiger partial charge in [-0.1, -0.05) is 29.8 Å². The maximum absolute atomic E-state index is 10.5. The van der Waals surface area contributed by atoms with Crippen molar-refractivity contribution in [3.8, 4) is 11.3 Å². The van der Waals surface area contributed by atoms with Gasteiger partial charge in [0.05, 0.1) is 11.0 Å². The third-order valence-electron chi connectivity index (χ3n) is 2.40. The van der Waals surface area contributed by atoms with Crippen molar-refractivity contribution in [2.75, 3.05) is 0 Å². The first-order chi connectivity index (χ1) is 8.56. The minimum absolute atomic E-state index is 0.132. The van der Waals surface area contributed by atoms with E-state index in [9.17, 15) is 10.1 Å². The van der Waals surface area contributed by atoms with E-state index in [0.717, 1.165) is 5.56 Å². The average Bonchev–Trinajstić information content (AvgIpc) is 2.78. The van der Waals surface area contributed by atoms with Crippen LogP contribution in [0, 0.1) is 17.0 Å². The second-order valence-corrected chi connectivity index (χ2v) is 4.60. The molecule has 1 aromatic carbocycles. The monoisotopic (exact) mass is 307 g/mol. The predicted molar refractivity (Wildman–Crippen MR) is 72.8 cm³/mol. The SMILES string of the molecule is Cc1ccc(-c2ccc(C=C(Br)[N+](=O)[O-])o2)cc1. The van der Waals surface area contributed by atoms with E-state index in [0.29, 0.717) is 11.5 Å². The molecule has 2 aromatic rings. The van der Waals surface area contributed by atoms with Gasteiger partial charge in [0.1, 0.15) is 11.5 Å². The molecule has 18 heavy (non-hydrogen) atoms. The summed E-state index contributed by atoms with van der Waals surface area (Å²) in [5.41, 5.74) is 2.11. The van der Waals surface area contributed by atoms with Gasteiger partial charge in [-0.05, 0) is 19.1 Å². The van der Waals surface area contributed by atoms with Crippen LogP contribution in [0.5, 0.6) is 0 Å². The summed E-state index contributed by atoms with van der Waals surface area (Å²) in [4.78, 5) is 9.95. The summed E-state index contributed by atoms with van der Waals surface area (Å²) in [6, 6.07) is 11.4. The van der Waals surface area contributed by atoms with Crippen LogP contribution in [0.25, 0.3) is 17.4 Å². The molecule has 0 radical (unpaired) electrons. The van der Waals surface area contributed by atoms with E-state index >= 15 is 0 Å². The first kappa shape index (κ1) is 12.6. The van der Waals surface area contributed by atoms with E-state index in [4.69, 9.17) is 4.42 Å². The van der Waals surface area contributed by atoms with Gasteiger partial charge in [0.25, 0.3) is 0 Å². The number of hydrogen-bond donors (Lipinski definition) is 0. The Bertz CT molecular complexity index is 599. The Morgan fingerprint density at radius 1 is 1.28 bits per heavy atom. The summed E-state index contributed by atoms with van der Waals surface area (Å²) in [6.07, 6.45) is 1.33. The van der Waals surface area contributed by atoms with Gasteiger partial charge < -0.3 is 4.42 Å². The topological polar surface area (TPSA) is 56.3 Å². The van der Waals surface area contributed by atoms with Crippen LogP contribution in [0.15, 0.2) is 45.4 Å². The molecule has 0 spiro atoms. The van der Waals surface area contributed by atoms with Gasteiger partial charge in [0.2, 0.25) is 0 Å². The summed E-state index contributed by atoms with van der Waals surface area (Å²) >= 11 is 2.86. The van der Waals surface area contributed by atoms with Crippen LogP contribution in [-0.2, 0) is 0 Å². The largest absolute Gasteiger partial charge is 0.456 e. The van der Waals surface area contributed by atoms with Crippen molar-refractivity contribution in [2.45, 2.75) is 6.92 Å². The fraction of sp³-hybridized carbons (Fsp3) is 0.0769. The highest BCUT2D eigenvalue weighted by Crippen LogP contribution is 2.24. The van der Waals surface area contributed by atoms with Crippen LogP contribution in [0.1, 0.15) is 11.3 Å². The van der Waals surface area contributed by atoms with Crippen LogP contribution in [0.4, 0.5) is 0 Å². The minimum atomic E-state index is -0.520. The zero-order valence-electron chi connectivity index (χ0n) is 9.59. The quantitative estimate of drug-likeness (QED) is 0.484. The molecular weight excluding hydrogens is 298 g/mol. The number of nitro groups is 1. The fourth-order valence-electron chi connectivity index (χ4n) is 1.47. The summed E-state index contributed by atoms with van der Waals surface area (Å²) in [5.74, 6) is 1.12. The molecule has 0 N–H and O–H groups in total. The van der Waals surface area contributed by atoms with Crippen molar-refractivity contribution in [1.82, 2.24) is 0 Å². The van der Waals surface area contributed by atoms with Crippen molar-refractivity contribution in [1.29, 1.82) is 0 Å². The first-order valence-corrected chi connectivity index (χ1v) is 6.04. The van der Waals surface area contributed by atoms with E-state index < -0.39 is 4.92 Å². The van der Waals surface area contributed by atoms with Crippen molar-refractivity contribution in [3.63, 3.8) is 0 Å². The van der Waals surface area contributed by atoms with Gasteiger partial charge in [0, 0.05) is 21.5 Å². The van der Waals surface area contributed by atoms with Crippen molar-refractivity contribution >= 4 is 22.0 Å². The lowest BCUT2D eigenvalue weighted by molar-refractivity contribution is -0.407. The number of furan rings is 1. The average molecular weight is 308 g/mol. The molecule has 92 valence electrons. The molecule has 4 nitrogen and oxygen atoms in total. The molecule has 0 atom stereocenters. The molecule has 0 aliphatic carbocycles. The lowest BCUT2D eigenvalue weighted by Gasteiger charge is -1.97. The van der Waals surface area contributed by atoms with Gasteiger partial charge in [-0.2, -0.15) is 0 Å². The zero-order valence-corrected chi connectivity index (χ0v) is 11.2. The molecular formula is C13H10BrNO3. The van der Waals surface area contributed by atoms with E-state index in [2.05, 4.69) is 15.9 Å². The first-order valence-electron chi connectivity index (χ1n) is 5.25. The summed E-state index contributed by atoms with van der Waals surface area (Å²) in [7, 11) is 0. The Kier molecular flexibility index (Phi) is 3.62. The Morgan fingerprint density at radius 2 is 1.94 bits per heavy atom. The highest BCUT2D eigenvalue weighted by molar-refractivity contribution is 9.11. The molecule has 0 unspecified atom stereocenters.